The monoisotopic (exact) mass is 265 g/mol. The quantitative estimate of drug-likeness (QED) is 0.814. The highest BCUT2D eigenvalue weighted by atomic mass is 16.5. The normalized spacial score (nSPS) is 16.2. The summed E-state index contributed by atoms with van der Waals surface area (Å²) in [5.41, 5.74) is 12.6. The van der Waals surface area contributed by atoms with E-state index in [2.05, 4.69) is 11.0 Å². The van der Waals surface area contributed by atoms with Gasteiger partial charge < -0.3 is 25.8 Å². The average molecular weight is 265 g/mol. The molecule has 0 spiro atoms. The standard InChI is InChI=1S/C14H23N3O2/c1-17(10-12(16)8-15)9-11-3-4-13-14(7-11)19-6-2-5-18-13/h3-4,7,12H,2,5-6,8-10,15-16H2,1H3. The molecule has 1 aliphatic rings. The number of nitrogens with zero attached hydrogens (tertiary/aromatic N) is 1. The number of hydrogen-bond donors (Lipinski definition) is 2. The van der Waals surface area contributed by atoms with Crippen molar-refractivity contribution in [1.82, 2.24) is 4.90 Å². The first kappa shape index (κ1) is 14.1. The van der Waals surface area contributed by atoms with Gasteiger partial charge in [0.25, 0.3) is 0 Å². The molecule has 0 radical (unpaired) electrons. The fourth-order valence-electron chi connectivity index (χ4n) is 2.16. The van der Waals surface area contributed by atoms with Crippen LogP contribution in [0, 0.1) is 0 Å². The molecule has 2 rings (SSSR count). The van der Waals surface area contributed by atoms with Gasteiger partial charge >= 0.3 is 0 Å². The molecule has 0 saturated heterocycles. The number of hydrogen-bond acceptors (Lipinski definition) is 5. The zero-order valence-corrected chi connectivity index (χ0v) is 11.5. The van der Waals surface area contributed by atoms with Crippen molar-refractivity contribution in [2.45, 2.75) is 19.0 Å². The van der Waals surface area contributed by atoms with Crippen molar-refractivity contribution >= 4 is 0 Å². The van der Waals surface area contributed by atoms with Crippen molar-refractivity contribution in [2.75, 3.05) is 33.4 Å². The maximum Gasteiger partial charge on any atom is 0.161 e. The lowest BCUT2D eigenvalue weighted by Crippen LogP contribution is -2.40. The van der Waals surface area contributed by atoms with Gasteiger partial charge in [0, 0.05) is 32.1 Å². The second-order valence-corrected chi connectivity index (χ2v) is 5.02. The molecule has 1 atom stereocenters. The summed E-state index contributed by atoms with van der Waals surface area (Å²) in [6.45, 7) is 3.54. The van der Waals surface area contributed by atoms with Gasteiger partial charge in [0.05, 0.1) is 13.2 Å². The Kier molecular flexibility index (Phi) is 5.01. The summed E-state index contributed by atoms with van der Waals surface area (Å²) >= 11 is 0. The maximum atomic E-state index is 5.85. The van der Waals surface area contributed by atoms with Gasteiger partial charge in [-0.25, -0.2) is 0 Å². The van der Waals surface area contributed by atoms with E-state index in [9.17, 15) is 0 Å². The molecule has 1 aromatic rings. The first-order valence-corrected chi connectivity index (χ1v) is 6.71. The molecule has 1 heterocycles. The summed E-state index contributed by atoms with van der Waals surface area (Å²) in [4.78, 5) is 2.16. The largest absolute Gasteiger partial charge is 0.490 e. The van der Waals surface area contributed by atoms with Crippen LogP contribution in [0.3, 0.4) is 0 Å². The minimum absolute atomic E-state index is 0.0189. The van der Waals surface area contributed by atoms with Gasteiger partial charge in [0.1, 0.15) is 0 Å². The molecule has 4 N–H and O–H groups in total. The Bertz CT molecular complexity index is 412. The summed E-state index contributed by atoms with van der Waals surface area (Å²) in [5, 5.41) is 0. The highest BCUT2D eigenvalue weighted by molar-refractivity contribution is 5.43. The first-order chi connectivity index (χ1) is 9.19. The van der Waals surface area contributed by atoms with Gasteiger partial charge in [-0.3, -0.25) is 0 Å². The molecule has 1 aromatic carbocycles. The molecule has 5 heteroatoms. The second-order valence-electron chi connectivity index (χ2n) is 5.02. The third kappa shape index (κ3) is 4.09. The van der Waals surface area contributed by atoms with Crippen molar-refractivity contribution < 1.29 is 9.47 Å². The zero-order chi connectivity index (χ0) is 13.7. The number of rotatable bonds is 5. The van der Waals surface area contributed by atoms with Crippen molar-refractivity contribution in [2.24, 2.45) is 11.5 Å². The summed E-state index contributed by atoms with van der Waals surface area (Å²) in [5.74, 6) is 1.68. The molecular weight excluding hydrogens is 242 g/mol. The van der Waals surface area contributed by atoms with E-state index >= 15 is 0 Å². The molecule has 1 unspecified atom stereocenters. The predicted molar refractivity (Wildman–Crippen MR) is 75.4 cm³/mol. The SMILES string of the molecule is CN(Cc1ccc2c(c1)OCCCO2)CC(N)CN. The van der Waals surface area contributed by atoms with Crippen LogP contribution in [-0.2, 0) is 6.54 Å². The highest BCUT2D eigenvalue weighted by Gasteiger charge is 2.12. The predicted octanol–water partition coefficient (Wildman–Crippen LogP) is 0.566. The van der Waals surface area contributed by atoms with E-state index < -0.39 is 0 Å². The van der Waals surface area contributed by atoms with Crippen molar-refractivity contribution in [3.8, 4) is 11.5 Å². The Hall–Kier alpha value is -1.30. The van der Waals surface area contributed by atoms with Crippen LogP contribution in [0.15, 0.2) is 18.2 Å². The van der Waals surface area contributed by atoms with E-state index in [1.165, 1.54) is 5.56 Å². The van der Waals surface area contributed by atoms with Crippen LogP contribution in [0.2, 0.25) is 0 Å². The van der Waals surface area contributed by atoms with E-state index in [-0.39, 0.29) is 6.04 Å². The lowest BCUT2D eigenvalue weighted by molar-refractivity contribution is 0.296. The highest BCUT2D eigenvalue weighted by Crippen LogP contribution is 2.30. The van der Waals surface area contributed by atoms with Gasteiger partial charge in [0.2, 0.25) is 0 Å². The average Bonchev–Trinajstić information content (AvgIpc) is 2.63. The molecular formula is C14H23N3O2. The Morgan fingerprint density at radius 3 is 2.74 bits per heavy atom. The van der Waals surface area contributed by atoms with Gasteiger partial charge in [-0.15, -0.1) is 0 Å². The summed E-state index contributed by atoms with van der Waals surface area (Å²) < 4.78 is 11.3. The van der Waals surface area contributed by atoms with Gasteiger partial charge in [-0.05, 0) is 24.7 Å². The minimum Gasteiger partial charge on any atom is -0.490 e. The number of ether oxygens (including phenoxy) is 2. The number of nitrogens with two attached hydrogens (primary N) is 2. The van der Waals surface area contributed by atoms with Crippen LogP contribution in [0.5, 0.6) is 11.5 Å². The Labute approximate surface area is 114 Å². The van der Waals surface area contributed by atoms with Gasteiger partial charge in [0.15, 0.2) is 11.5 Å². The van der Waals surface area contributed by atoms with Crippen molar-refractivity contribution in [3.05, 3.63) is 23.8 Å². The summed E-state index contributed by atoms with van der Waals surface area (Å²) in [7, 11) is 2.04. The molecule has 0 fully saturated rings. The van der Waals surface area contributed by atoms with Crippen LogP contribution in [-0.4, -0.2) is 44.3 Å². The lowest BCUT2D eigenvalue weighted by atomic mass is 10.2. The molecule has 0 saturated carbocycles. The Balaban J connectivity index is 1.99. The third-order valence-electron chi connectivity index (χ3n) is 3.11. The molecule has 5 nitrogen and oxygen atoms in total. The lowest BCUT2D eigenvalue weighted by Gasteiger charge is -2.20. The van der Waals surface area contributed by atoms with Crippen molar-refractivity contribution in [3.63, 3.8) is 0 Å². The first-order valence-electron chi connectivity index (χ1n) is 6.71. The topological polar surface area (TPSA) is 73.7 Å². The van der Waals surface area contributed by atoms with Crippen LogP contribution >= 0.6 is 0 Å². The van der Waals surface area contributed by atoms with Crippen molar-refractivity contribution in [1.29, 1.82) is 0 Å². The number of fused-ring (bicyclic) bond motifs is 1. The molecule has 0 bridgehead atoms. The van der Waals surface area contributed by atoms with E-state index in [4.69, 9.17) is 20.9 Å². The molecule has 106 valence electrons. The minimum atomic E-state index is 0.0189. The second kappa shape index (κ2) is 6.75. The molecule has 19 heavy (non-hydrogen) atoms. The number of likely N-dealkylation sites (N-methyl/N-ethyl adjacent to an activating group) is 1. The van der Waals surface area contributed by atoms with Gasteiger partial charge in [-0.1, -0.05) is 6.07 Å². The molecule has 1 aliphatic heterocycles. The fourth-order valence-corrected chi connectivity index (χ4v) is 2.16. The fraction of sp³-hybridized carbons (Fsp3) is 0.571. The van der Waals surface area contributed by atoms with Crippen LogP contribution in [0.4, 0.5) is 0 Å². The molecule has 0 amide bonds. The molecule has 0 aliphatic carbocycles. The van der Waals surface area contributed by atoms with E-state index in [0.717, 1.165) is 37.6 Å². The summed E-state index contributed by atoms with van der Waals surface area (Å²) in [6, 6.07) is 6.11. The van der Waals surface area contributed by atoms with Crippen LogP contribution in [0.1, 0.15) is 12.0 Å². The summed E-state index contributed by atoms with van der Waals surface area (Å²) in [6.07, 6.45) is 0.926. The smallest absolute Gasteiger partial charge is 0.161 e. The maximum absolute atomic E-state index is 5.85. The van der Waals surface area contributed by atoms with Gasteiger partial charge in [-0.2, -0.15) is 0 Å². The van der Waals surface area contributed by atoms with Crippen LogP contribution < -0.4 is 20.9 Å². The van der Waals surface area contributed by atoms with E-state index in [0.29, 0.717) is 13.2 Å². The van der Waals surface area contributed by atoms with E-state index in [1.54, 1.807) is 0 Å². The zero-order valence-electron chi connectivity index (χ0n) is 11.5. The van der Waals surface area contributed by atoms with E-state index in [1.807, 2.05) is 19.2 Å². The number of benzene rings is 1. The van der Waals surface area contributed by atoms with Crippen LogP contribution in [0.25, 0.3) is 0 Å². The Morgan fingerprint density at radius 1 is 1.26 bits per heavy atom. The molecule has 0 aromatic heterocycles. The third-order valence-corrected chi connectivity index (χ3v) is 3.11. The Morgan fingerprint density at radius 2 is 2.00 bits per heavy atom.